The molecule has 0 aromatic rings. The Morgan fingerprint density at radius 3 is 2.00 bits per heavy atom. The molecule has 32 valence electrons. The van der Waals surface area contributed by atoms with Gasteiger partial charge in [-0.25, -0.2) is 0 Å². The van der Waals surface area contributed by atoms with E-state index in [2.05, 4.69) is 0 Å². The summed E-state index contributed by atoms with van der Waals surface area (Å²) in [6.07, 6.45) is 4.41. The van der Waals surface area contributed by atoms with Crippen LogP contribution in [0.1, 0.15) is 19.3 Å². The molecule has 0 saturated heterocycles. The number of allylic oxidation sites excluding steroid dienone is 2. The van der Waals surface area contributed by atoms with Gasteiger partial charge in [0.25, 0.3) is 0 Å². The number of rotatable bonds is 0. The van der Waals surface area contributed by atoms with Crippen molar-refractivity contribution in [3.8, 4) is 0 Å². The Kier molecular flexibility index (Phi) is 0.496. The molecule has 6 heavy (non-hydrogen) atoms. The maximum atomic E-state index is 1.85. The molecule has 0 N–H and O–H groups in total. The summed E-state index contributed by atoms with van der Waals surface area (Å²) in [6, 6.07) is 0. The van der Waals surface area contributed by atoms with Gasteiger partial charge in [-0.1, -0.05) is 0 Å². The van der Waals surface area contributed by atoms with Crippen LogP contribution in [0.4, 0.5) is 0 Å². The van der Waals surface area contributed by atoms with Gasteiger partial charge < -0.3 is 0 Å². The Labute approximate surface area is 43.8 Å². The van der Waals surface area contributed by atoms with Crippen molar-refractivity contribution < 1.29 is 0 Å². The van der Waals surface area contributed by atoms with Gasteiger partial charge in [0.05, 0.1) is 0 Å². The molecule has 1 aliphatic carbocycles. The fourth-order valence-corrected chi connectivity index (χ4v) is 2.89. The van der Waals surface area contributed by atoms with Crippen molar-refractivity contribution >= 4 is 15.0 Å². The number of hydrogen-bond acceptors (Lipinski definition) is 0. The van der Waals surface area contributed by atoms with E-state index in [4.69, 9.17) is 0 Å². The van der Waals surface area contributed by atoms with E-state index in [1.807, 2.05) is 8.94 Å². The van der Waals surface area contributed by atoms with Gasteiger partial charge in [-0.15, -0.1) is 0 Å². The normalized spacial score (nSPS) is 28.0. The van der Waals surface area contributed by atoms with Gasteiger partial charge in [0.2, 0.25) is 0 Å². The molecule has 0 aromatic carbocycles. The summed E-state index contributed by atoms with van der Waals surface area (Å²) in [7, 11) is 0. The maximum absolute atomic E-state index is 1.85. The van der Waals surface area contributed by atoms with Gasteiger partial charge in [0.15, 0.2) is 0 Å². The Hall–Kier alpha value is 0.259. The standard InChI is InChI=1S/C5H6Se/c1-2-4-5(3-1)6-4/h1-3H2. The summed E-state index contributed by atoms with van der Waals surface area (Å²) in [5, 5.41) is 0. The molecular weight excluding hydrogens is 139 g/mol. The third-order valence-electron chi connectivity index (χ3n) is 1.32. The summed E-state index contributed by atoms with van der Waals surface area (Å²) in [6.45, 7) is 0. The van der Waals surface area contributed by atoms with Crippen LogP contribution in [0.15, 0.2) is 8.94 Å². The Balaban J connectivity index is 2.29. The molecule has 0 spiro atoms. The van der Waals surface area contributed by atoms with Crippen LogP contribution in [-0.4, -0.2) is 15.0 Å². The van der Waals surface area contributed by atoms with E-state index in [0.29, 0.717) is 0 Å². The minimum atomic E-state index is 0.970. The molecule has 1 aliphatic heterocycles. The van der Waals surface area contributed by atoms with Crippen molar-refractivity contribution in [3.05, 3.63) is 8.94 Å². The Morgan fingerprint density at radius 2 is 1.83 bits per heavy atom. The topological polar surface area (TPSA) is 0 Å². The molecule has 1 heteroatoms. The first-order valence-corrected chi connectivity index (χ1v) is 4.08. The van der Waals surface area contributed by atoms with Crippen LogP contribution in [0.5, 0.6) is 0 Å². The first kappa shape index (κ1) is 3.29. The van der Waals surface area contributed by atoms with Crippen molar-refractivity contribution in [2.75, 3.05) is 0 Å². The third-order valence-corrected chi connectivity index (χ3v) is 3.82. The molecule has 1 heterocycles. The monoisotopic (exact) mass is 146 g/mol. The van der Waals surface area contributed by atoms with E-state index >= 15 is 0 Å². The fourth-order valence-electron chi connectivity index (χ4n) is 0.914. The second kappa shape index (κ2) is 0.907. The SMILES string of the molecule is C1CC2=C(C1)[Se]2. The van der Waals surface area contributed by atoms with Crippen LogP contribution in [0.2, 0.25) is 0 Å². The van der Waals surface area contributed by atoms with Gasteiger partial charge in [-0.05, 0) is 0 Å². The zero-order valence-corrected chi connectivity index (χ0v) is 5.24. The van der Waals surface area contributed by atoms with Crippen LogP contribution in [0.25, 0.3) is 0 Å². The first-order valence-electron chi connectivity index (χ1n) is 2.37. The van der Waals surface area contributed by atoms with E-state index in [1.165, 1.54) is 19.3 Å². The molecule has 0 nitrogen and oxygen atoms in total. The van der Waals surface area contributed by atoms with E-state index < -0.39 is 0 Å². The summed E-state index contributed by atoms with van der Waals surface area (Å²) < 4.78 is 3.70. The molecule has 0 bridgehead atoms. The molecule has 0 amide bonds. The van der Waals surface area contributed by atoms with Crippen molar-refractivity contribution in [1.29, 1.82) is 0 Å². The molecule has 0 fully saturated rings. The fraction of sp³-hybridized carbons (Fsp3) is 0.600. The van der Waals surface area contributed by atoms with Crippen LogP contribution in [-0.2, 0) is 0 Å². The molecule has 0 radical (unpaired) electrons. The molecule has 2 aliphatic rings. The first-order chi connectivity index (χ1) is 2.97. The van der Waals surface area contributed by atoms with Crippen molar-refractivity contribution in [2.45, 2.75) is 19.3 Å². The van der Waals surface area contributed by atoms with Gasteiger partial charge in [-0.3, -0.25) is 0 Å². The van der Waals surface area contributed by atoms with Crippen molar-refractivity contribution in [3.63, 3.8) is 0 Å². The predicted octanol–water partition coefficient (Wildman–Crippen LogP) is 1.10. The molecule has 0 unspecified atom stereocenters. The second-order valence-corrected chi connectivity index (χ2v) is 4.30. The van der Waals surface area contributed by atoms with Crippen LogP contribution >= 0.6 is 0 Å². The quantitative estimate of drug-likeness (QED) is 0.448. The van der Waals surface area contributed by atoms with Crippen molar-refractivity contribution in [1.82, 2.24) is 0 Å². The summed E-state index contributed by atoms with van der Waals surface area (Å²) in [4.78, 5) is 0. The van der Waals surface area contributed by atoms with Crippen LogP contribution < -0.4 is 0 Å². The molecule has 0 aromatic heterocycles. The van der Waals surface area contributed by atoms with Gasteiger partial charge in [0, 0.05) is 0 Å². The molecular formula is C5H6Se. The van der Waals surface area contributed by atoms with Gasteiger partial charge >= 0.3 is 43.2 Å². The summed E-state index contributed by atoms with van der Waals surface area (Å²) in [5.74, 6) is 0. The van der Waals surface area contributed by atoms with Gasteiger partial charge in [-0.2, -0.15) is 0 Å². The average Bonchev–Trinajstić information content (AvgIpc) is 2.17. The van der Waals surface area contributed by atoms with E-state index in [-0.39, 0.29) is 0 Å². The van der Waals surface area contributed by atoms with E-state index in [0.717, 1.165) is 15.0 Å². The minimum absolute atomic E-state index is 0.970. The summed E-state index contributed by atoms with van der Waals surface area (Å²) in [5.41, 5.74) is 0. The molecule has 0 saturated carbocycles. The third kappa shape index (κ3) is 0.301. The average molecular weight is 145 g/mol. The van der Waals surface area contributed by atoms with Crippen LogP contribution in [0, 0.1) is 0 Å². The summed E-state index contributed by atoms with van der Waals surface area (Å²) >= 11 is 0.970. The van der Waals surface area contributed by atoms with Crippen LogP contribution in [0.3, 0.4) is 0 Å². The second-order valence-electron chi connectivity index (χ2n) is 1.80. The van der Waals surface area contributed by atoms with Crippen molar-refractivity contribution in [2.24, 2.45) is 0 Å². The Morgan fingerprint density at radius 1 is 1.17 bits per heavy atom. The zero-order chi connectivity index (χ0) is 3.98. The van der Waals surface area contributed by atoms with Gasteiger partial charge in [0.1, 0.15) is 0 Å². The van der Waals surface area contributed by atoms with E-state index in [9.17, 15) is 0 Å². The zero-order valence-electron chi connectivity index (χ0n) is 3.53. The van der Waals surface area contributed by atoms with E-state index in [1.54, 1.807) is 0 Å². The predicted molar refractivity (Wildman–Crippen MR) is 26.6 cm³/mol. The molecule has 0 atom stereocenters. The number of hydrogen-bond donors (Lipinski definition) is 0. The Bertz CT molecular complexity index is 101. The molecule has 2 rings (SSSR count).